The van der Waals surface area contributed by atoms with Crippen LogP contribution in [0.1, 0.15) is 232 Å². The van der Waals surface area contributed by atoms with Gasteiger partial charge in [0.2, 0.25) is 0 Å². The van der Waals surface area contributed by atoms with Gasteiger partial charge in [-0.25, -0.2) is 0 Å². The summed E-state index contributed by atoms with van der Waals surface area (Å²) in [7, 11) is 0. The minimum Gasteiger partial charge on any atom is -0.396 e. The van der Waals surface area contributed by atoms with Crippen molar-refractivity contribution in [2.75, 3.05) is 6.61 Å². The van der Waals surface area contributed by atoms with Crippen LogP contribution in [0.5, 0.6) is 0 Å². The molecule has 0 aliphatic heterocycles. The zero-order valence-electron chi connectivity index (χ0n) is 27.8. The van der Waals surface area contributed by atoms with Crippen molar-refractivity contribution in [2.45, 2.75) is 232 Å². The van der Waals surface area contributed by atoms with Crippen molar-refractivity contribution < 1.29 is 5.11 Å². The van der Waals surface area contributed by atoms with E-state index in [9.17, 15) is 0 Å². The first kappa shape index (κ1) is 39.0. The Morgan fingerprint density at radius 2 is 0.487 bits per heavy atom. The van der Waals surface area contributed by atoms with Gasteiger partial charge in [0, 0.05) is 6.61 Å². The summed E-state index contributed by atoms with van der Waals surface area (Å²) in [6.45, 7) is 5.02. The summed E-state index contributed by atoms with van der Waals surface area (Å²) in [4.78, 5) is 0. The first-order chi connectivity index (χ1) is 19.3. The molecule has 1 nitrogen and oxygen atoms in total. The van der Waals surface area contributed by atoms with E-state index in [0.29, 0.717) is 6.61 Å². The number of hydrogen-bond donors (Lipinski definition) is 1. The minimum atomic E-state index is 0.374. The van der Waals surface area contributed by atoms with Gasteiger partial charge < -0.3 is 5.11 Å². The minimum absolute atomic E-state index is 0.374. The topological polar surface area (TPSA) is 20.2 Å². The highest BCUT2D eigenvalue weighted by molar-refractivity contribution is 4.62. The summed E-state index contributed by atoms with van der Waals surface area (Å²) >= 11 is 0. The first-order valence-electron chi connectivity index (χ1n) is 19.0. The van der Waals surface area contributed by atoms with Crippen molar-refractivity contribution >= 4 is 0 Å². The average molecular weight is 551 g/mol. The van der Waals surface area contributed by atoms with Crippen LogP contribution >= 0.6 is 0 Å². The molecule has 0 amide bonds. The summed E-state index contributed by atoms with van der Waals surface area (Å²) in [5, 5.41) is 8.83. The van der Waals surface area contributed by atoms with Gasteiger partial charge in [0.05, 0.1) is 0 Å². The quantitative estimate of drug-likeness (QED) is 0.0778. The molecule has 0 bridgehead atoms. The number of aliphatic hydroxyl groups is 1. The Balaban J connectivity index is 3.71. The number of aliphatic hydroxyl groups excluding tert-OH is 1. The van der Waals surface area contributed by atoms with Crippen LogP contribution in [-0.4, -0.2) is 11.7 Å². The molecule has 0 fully saturated rings. The lowest BCUT2D eigenvalue weighted by molar-refractivity contribution is 0.282. The molecule has 0 aromatic rings. The molecule has 39 heavy (non-hydrogen) atoms. The SMILES string of the molecule is CCCCCCCCCCCCC(CCCCCCCC)CCCCCCCCCCCCCCCCCO. The molecule has 0 aromatic heterocycles. The average Bonchev–Trinajstić information content (AvgIpc) is 2.95. The van der Waals surface area contributed by atoms with Gasteiger partial charge in [-0.1, -0.05) is 226 Å². The third kappa shape index (κ3) is 34.1. The highest BCUT2D eigenvalue weighted by atomic mass is 16.2. The number of unbranched alkanes of at least 4 members (excludes halogenated alkanes) is 28. The molecule has 1 heteroatoms. The van der Waals surface area contributed by atoms with E-state index in [1.165, 1.54) is 212 Å². The largest absolute Gasteiger partial charge is 0.396 e. The summed E-state index contributed by atoms with van der Waals surface area (Å²) < 4.78 is 0. The van der Waals surface area contributed by atoms with E-state index in [0.717, 1.165) is 12.3 Å². The van der Waals surface area contributed by atoms with Gasteiger partial charge in [-0.15, -0.1) is 0 Å². The highest BCUT2D eigenvalue weighted by Crippen LogP contribution is 2.25. The molecule has 0 heterocycles. The van der Waals surface area contributed by atoms with Crippen LogP contribution in [0.4, 0.5) is 0 Å². The smallest absolute Gasteiger partial charge is 0.0431 e. The monoisotopic (exact) mass is 551 g/mol. The van der Waals surface area contributed by atoms with E-state index in [1.54, 1.807) is 0 Å². The van der Waals surface area contributed by atoms with Crippen LogP contribution in [-0.2, 0) is 0 Å². The van der Waals surface area contributed by atoms with E-state index >= 15 is 0 Å². The number of rotatable bonds is 35. The molecule has 1 atom stereocenters. The Morgan fingerprint density at radius 1 is 0.282 bits per heavy atom. The molecule has 1 N–H and O–H groups in total. The highest BCUT2D eigenvalue weighted by Gasteiger charge is 2.09. The molecule has 0 saturated carbocycles. The maximum atomic E-state index is 8.83. The van der Waals surface area contributed by atoms with E-state index < -0.39 is 0 Å². The summed E-state index contributed by atoms with van der Waals surface area (Å²) in [6.07, 6.45) is 49.0. The molecule has 236 valence electrons. The fourth-order valence-corrected chi connectivity index (χ4v) is 6.41. The van der Waals surface area contributed by atoms with Gasteiger partial charge in [0.15, 0.2) is 0 Å². The normalized spacial score (nSPS) is 12.4. The lowest BCUT2D eigenvalue weighted by atomic mass is 9.89. The van der Waals surface area contributed by atoms with Crippen LogP contribution in [0.15, 0.2) is 0 Å². The van der Waals surface area contributed by atoms with Crippen LogP contribution < -0.4 is 0 Å². The molecular weight excluding hydrogens is 472 g/mol. The molecule has 0 aliphatic carbocycles. The van der Waals surface area contributed by atoms with E-state index in [2.05, 4.69) is 13.8 Å². The van der Waals surface area contributed by atoms with E-state index in [1.807, 2.05) is 0 Å². The Labute approximate surface area is 249 Å². The standard InChI is InChI=1S/C38H78O/c1-3-5-7-9-11-12-20-23-27-31-35-38(34-30-26-10-8-6-4-2)36-32-28-24-21-18-16-14-13-15-17-19-22-25-29-33-37-39/h38-39H,3-37H2,1-2H3. The Kier molecular flexibility index (Phi) is 35.9. The van der Waals surface area contributed by atoms with Crippen LogP contribution in [0.3, 0.4) is 0 Å². The molecule has 0 rings (SSSR count). The predicted octanol–water partition coefficient (Wildman–Crippen LogP) is 13.9. The second-order valence-electron chi connectivity index (χ2n) is 13.2. The third-order valence-electron chi connectivity index (χ3n) is 9.20. The molecule has 0 saturated heterocycles. The van der Waals surface area contributed by atoms with Gasteiger partial charge in [0.1, 0.15) is 0 Å². The molecule has 0 aliphatic rings. The lowest BCUT2D eigenvalue weighted by Crippen LogP contribution is -2.01. The van der Waals surface area contributed by atoms with Crippen molar-refractivity contribution in [1.82, 2.24) is 0 Å². The predicted molar refractivity (Wildman–Crippen MR) is 179 cm³/mol. The van der Waals surface area contributed by atoms with Crippen molar-refractivity contribution in [3.63, 3.8) is 0 Å². The zero-order chi connectivity index (χ0) is 28.3. The maximum Gasteiger partial charge on any atom is 0.0431 e. The number of hydrogen-bond acceptors (Lipinski definition) is 1. The fourth-order valence-electron chi connectivity index (χ4n) is 6.41. The lowest BCUT2D eigenvalue weighted by Gasteiger charge is -2.17. The molecular formula is C38H78O. The van der Waals surface area contributed by atoms with Gasteiger partial charge in [-0.05, 0) is 12.3 Å². The Hall–Kier alpha value is -0.0400. The van der Waals surface area contributed by atoms with E-state index in [-0.39, 0.29) is 0 Å². The van der Waals surface area contributed by atoms with Crippen molar-refractivity contribution in [3.05, 3.63) is 0 Å². The van der Waals surface area contributed by atoms with Crippen molar-refractivity contribution in [1.29, 1.82) is 0 Å². The van der Waals surface area contributed by atoms with Crippen LogP contribution in [0, 0.1) is 5.92 Å². The van der Waals surface area contributed by atoms with Crippen LogP contribution in [0.2, 0.25) is 0 Å². The molecule has 1 unspecified atom stereocenters. The van der Waals surface area contributed by atoms with Gasteiger partial charge in [-0.2, -0.15) is 0 Å². The molecule has 0 spiro atoms. The maximum absolute atomic E-state index is 8.83. The zero-order valence-corrected chi connectivity index (χ0v) is 27.8. The van der Waals surface area contributed by atoms with Gasteiger partial charge >= 0.3 is 0 Å². The molecule has 0 aromatic carbocycles. The van der Waals surface area contributed by atoms with E-state index in [4.69, 9.17) is 5.11 Å². The first-order valence-corrected chi connectivity index (χ1v) is 19.0. The Bertz CT molecular complexity index is 406. The molecule has 0 radical (unpaired) electrons. The summed E-state index contributed by atoms with van der Waals surface area (Å²) in [5.74, 6) is 1.03. The van der Waals surface area contributed by atoms with Crippen LogP contribution in [0.25, 0.3) is 0 Å². The van der Waals surface area contributed by atoms with Crippen molar-refractivity contribution in [2.24, 2.45) is 5.92 Å². The third-order valence-corrected chi connectivity index (χ3v) is 9.20. The second kappa shape index (κ2) is 36.0. The Morgan fingerprint density at radius 3 is 0.718 bits per heavy atom. The van der Waals surface area contributed by atoms with Crippen molar-refractivity contribution in [3.8, 4) is 0 Å². The van der Waals surface area contributed by atoms with Gasteiger partial charge in [0.25, 0.3) is 0 Å². The summed E-state index contributed by atoms with van der Waals surface area (Å²) in [6, 6.07) is 0. The second-order valence-corrected chi connectivity index (χ2v) is 13.2. The summed E-state index contributed by atoms with van der Waals surface area (Å²) in [5.41, 5.74) is 0. The fraction of sp³-hybridized carbons (Fsp3) is 1.00. The van der Waals surface area contributed by atoms with Gasteiger partial charge in [-0.3, -0.25) is 0 Å².